The third-order valence-electron chi connectivity index (χ3n) is 2.72. The van der Waals surface area contributed by atoms with E-state index in [-0.39, 0.29) is 0 Å². The fourth-order valence-corrected chi connectivity index (χ4v) is 1.51. The molecule has 0 unspecified atom stereocenters. The van der Waals surface area contributed by atoms with Crippen molar-refractivity contribution >= 4 is 12.0 Å². The second kappa shape index (κ2) is 4.63. The first-order valence-corrected chi connectivity index (χ1v) is 4.92. The van der Waals surface area contributed by atoms with Gasteiger partial charge in [-0.2, -0.15) is 0 Å². The summed E-state index contributed by atoms with van der Waals surface area (Å²) in [6.07, 6.45) is -1.23. The Labute approximate surface area is 91.4 Å². The molecule has 0 aromatic heterocycles. The largest absolute Gasteiger partial charge is 0.480 e. The Balaban J connectivity index is 2.53. The van der Waals surface area contributed by atoms with Crippen LogP contribution in [0.3, 0.4) is 0 Å². The lowest BCUT2D eigenvalue weighted by atomic mass is 9.77. The highest BCUT2D eigenvalue weighted by molar-refractivity contribution is 5.87. The molecule has 0 saturated heterocycles. The van der Waals surface area contributed by atoms with Crippen molar-refractivity contribution in [2.75, 3.05) is 13.6 Å². The minimum absolute atomic E-state index is 0.344. The molecule has 2 amide bonds. The van der Waals surface area contributed by atoms with Crippen molar-refractivity contribution in [1.29, 1.82) is 0 Å². The Bertz CT molecular complexity index is 292. The fourth-order valence-electron chi connectivity index (χ4n) is 1.51. The molecular weight excluding hydrogens is 222 g/mol. The van der Waals surface area contributed by atoms with E-state index in [9.17, 15) is 18.4 Å². The lowest BCUT2D eigenvalue weighted by Crippen LogP contribution is -2.61. The minimum Gasteiger partial charge on any atom is -0.480 e. The number of nitrogens with one attached hydrogen (secondary N) is 1. The molecular formula is C9H14F2N2O3. The van der Waals surface area contributed by atoms with Crippen molar-refractivity contribution in [3.05, 3.63) is 0 Å². The van der Waals surface area contributed by atoms with E-state index in [1.807, 2.05) is 0 Å². The predicted molar refractivity (Wildman–Crippen MR) is 51.4 cm³/mol. The summed E-state index contributed by atoms with van der Waals surface area (Å²) in [5, 5.41) is 11.2. The van der Waals surface area contributed by atoms with E-state index >= 15 is 0 Å². The summed E-state index contributed by atoms with van der Waals surface area (Å²) >= 11 is 0. The van der Waals surface area contributed by atoms with Crippen LogP contribution >= 0.6 is 0 Å². The van der Waals surface area contributed by atoms with E-state index in [1.165, 1.54) is 7.05 Å². The van der Waals surface area contributed by atoms with Gasteiger partial charge in [-0.25, -0.2) is 18.4 Å². The molecule has 1 aliphatic rings. The highest BCUT2D eigenvalue weighted by Gasteiger charge is 2.46. The SMILES string of the molecule is CN(CC(F)F)C(=O)NC1(C(=O)O)CCC1. The van der Waals surface area contributed by atoms with E-state index in [2.05, 4.69) is 5.32 Å². The number of hydrogen-bond acceptors (Lipinski definition) is 2. The van der Waals surface area contributed by atoms with Gasteiger partial charge in [0.1, 0.15) is 5.54 Å². The van der Waals surface area contributed by atoms with Crippen LogP contribution in [0.2, 0.25) is 0 Å². The maximum Gasteiger partial charge on any atom is 0.329 e. The van der Waals surface area contributed by atoms with Crippen LogP contribution in [0.1, 0.15) is 19.3 Å². The molecule has 0 aromatic rings. The van der Waals surface area contributed by atoms with Crippen LogP contribution in [0.25, 0.3) is 0 Å². The van der Waals surface area contributed by atoms with E-state index in [0.717, 1.165) is 4.90 Å². The van der Waals surface area contributed by atoms with Crippen LogP contribution in [0.5, 0.6) is 0 Å². The molecule has 5 nitrogen and oxygen atoms in total. The molecule has 0 radical (unpaired) electrons. The van der Waals surface area contributed by atoms with Crippen molar-refractivity contribution in [2.45, 2.75) is 31.2 Å². The maximum atomic E-state index is 12.0. The normalized spacial score (nSPS) is 17.8. The molecule has 0 atom stereocenters. The maximum absolute atomic E-state index is 12.0. The third kappa shape index (κ3) is 2.59. The molecule has 0 aromatic carbocycles. The van der Waals surface area contributed by atoms with Crippen molar-refractivity contribution < 1.29 is 23.5 Å². The number of hydrogen-bond donors (Lipinski definition) is 2. The van der Waals surface area contributed by atoms with Gasteiger partial charge in [-0.05, 0) is 19.3 Å². The molecule has 16 heavy (non-hydrogen) atoms. The number of urea groups is 1. The van der Waals surface area contributed by atoms with Crippen molar-refractivity contribution in [1.82, 2.24) is 10.2 Å². The van der Waals surface area contributed by atoms with E-state index in [1.54, 1.807) is 0 Å². The van der Waals surface area contributed by atoms with E-state index in [4.69, 9.17) is 5.11 Å². The first-order valence-electron chi connectivity index (χ1n) is 4.92. The molecule has 7 heteroatoms. The zero-order valence-electron chi connectivity index (χ0n) is 8.87. The number of amides is 2. The molecule has 1 aliphatic carbocycles. The molecule has 1 saturated carbocycles. The van der Waals surface area contributed by atoms with Crippen molar-refractivity contribution in [3.63, 3.8) is 0 Å². The highest BCUT2D eigenvalue weighted by atomic mass is 19.3. The fraction of sp³-hybridized carbons (Fsp3) is 0.778. The van der Waals surface area contributed by atoms with Crippen LogP contribution in [0.15, 0.2) is 0 Å². The van der Waals surface area contributed by atoms with Gasteiger partial charge in [0.05, 0.1) is 6.54 Å². The number of carboxylic acids is 1. The van der Waals surface area contributed by atoms with Gasteiger partial charge in [0, 0.05) is 7.05 Å². The van der Waals surface area contributed by atoms with Gasteiger partial charge < -0.3 is 15.3 Å². The molecule has 92 valence electrons. The number of halogens is 2. The number of carbonyl (C=O) groups excluding carboxylic acids is 1. The summed E-state index contributed by atoms with van der Waals surface area (Å²) in [6, 6.07) is -0.776. The summed E-state index contributed by atoms with van der Waals surface area (Å²) in [7, 11) is 1.20. The molecule has 2 N–H and O–H groups in total. The predicted octanol–water partition coefficient (Wildman–Crippen LogP) is 0.900. The molecule has 0 bridgehead atoms. The Morgan fingerprint density at radius 3 is 2.38 bits per heavy atom. The Hall–Kier alpha value is -1.40. The Morgan fingerprint density at radius 2 is 2.06 bits per heavy atom. The third-order valence-corrected chi connectivity index (χ3v) is 2.72. The average Bonchev–Trinajstić information content (AvgIpc) is 2.08. The molecule has 1 rings (SSSR count). The summed E-state index contributed by atoms with van der Waals surface area (Å²) in [4.78, 5) is 23.1. The number of rotatable bonds is 4. The Kier molecular flexibility index (Phi) is 3.66. The second-order valence-electron chi connectivity index (χ2n) is 3.94. The monoisotopic (exact) mass is 236 g/mol. The summed E-state index contributed by atoms with van der Waals surface area (Å²) in [6.45, 7) is -0.707. The number of carbonyl (C=O) groups is 2. The number of aliphatic carboxylic acids is 1. The van der Waals surface area contributed by atoms with Gasteiger partial charge in [-0.1, -0.05) is 0 Å². The van der Waals surface area contributed by atoms with E-state index < -0.39 is 30.5 Å². The van der Waals surface area contributed by atoms with Crippen LogP contribution < -0.4 is 5.32 Å². The summed E-state index contributed by atoms with van der Waals surface area (Å²) < 4.78 is 24.0. The smallest absolute Gasteiger partial charge is 0.329 e. The van der Waals surface area contributed by atoms with Crippen LogP contribution in [-0.4, -0.2) is 47.6 Å². The Morgan fingerprint density at radius 1 is 1.50 bits per heavy atom. The quantitative estimate of drug-likeness (QED) is 0.762. The second-order valence-corrected chi connectivity index (χ2v) is 3.94. The van der Waals surface area contributed by atoms with Gasteiger partial charge in [-0.3, -0.25) is 0 Å². The van der Waals surface area contributed by atoms with E-state index in [0.29, 0.717) is 19.3 Å². The molecule has 0 aliphatic heterocycles. The van der Waals surface area contributed by atoms with Crippen molar-refractivity contribution in [3.8, 4) is 0 Å². The summed E-state index contributed by atoms with van der Waals surface area (Å²) in [5.41, 5.74) is -1.26. The molecule has 0 spiro atoms. The summed E-state index contributed by atoms with van der Waals surface area (Å²) in [5.74, 6) is -1.11. The lowest BCUT2D eigenvalue weighted by Gasteiger charge is -2.39. The van der Waals surface area contributed by atoms with Gasteiger partial charge >= 0.3 is 12.0 Å². The zero-order valence-corrected chi connectivity index (χ0v) is 8.87. The topological polar surface area (TPSA) is 69.6 Å². The molecule has 1 fully saturated rings. The van der Waals surface area contributed by atoms with Gasteiger partial charge in [0.15, 0.2) is 0 Å². The van der Waals surface area contributed by atoms with Gasteiger partial charge in [-0.15, -0.1) is 0 Å². The lowest BCUT2D eigenvalue weighted by molar-refractivity contribution is -0.148. The number of nitrogens with zero attached hydrogens (tertiary/aromatic N) is 1. The zero-order chi connectivity index (χ0) is 12.3. The highest BCUT2D eigenvalue weighted by Crippen LogP contribution is 2.32. The van der Waals surface area contributed by atoms with Crippen LogP contribution in [-0.2, 0) is 4.79 Å². The number of alkyl halides is 2. The average molecular weight is 236 g/mol. The first kappa shape index (κ1) is 12.7. The molecule has 0 heterocycles. The van der Waals surface area contributed by atoms with Crippen LogP contribution in [0.4, 0.5) is 13.6 Å². The van der Waals surface area contributed by atoms with Crippen LogP contribution in [0, 0.1) is 0 Å². The van der Waals surface area contributed by atoms with Gasteiger partial charge in [0.2, 0.25) is 0 Å². The first-order chi connectivity index (χ1) is 7.37. The van der Waals surface area contributed by atoms with Gasteiger partial charge in [0.25, 0.3) is 6.43 Å². The standard InChI is InChI=1S/C9H14F2N2O3/c1-13(5-6(10)11)8(16)12-9(7(14)15)3-2-4-9/h6H,2-5H2,1H3,(H,12,16)(H,14,15). The van der Waals surface area contributed by atoms with Crippen molar-refractivity contribution in [2.24, 2.45) is 0 Å². The number of carboxylic acid groups (broad SMARTS) is 1. The minimum atomic E-state index is -2.63.